The van der Waals surface area contributed by atoms with Gasteiger partial charge in [0.05, 0.1) is 6.04 Å². The predicted molar refractivity (Wildman–Crippen MR) is 93.6 cm³/mol. The van der Waals surface area contributed by atoms with Crippen LogP contribution in [0.15, 0.2) is 17.6 Å². The van der Waals surface area contributed by atoms with Crippen molar-refractivity contribution in [3.63, 3.8) is 0 Å². The van der Waals surface area contributed by atoms with Gasteiger partial charge >= 0.3 is 0 Å². The van der Waals surface area contributed by atoms with Gasteiger partial charge in [0.25, 0.3) is 0 Å². The molecule has 1 aliphatic heterocycles. The van der Waals surface area contributed by atoms with E-state index in [9.17, 15) is 8.42 Å². The number of rotatable bonds is 3. The molecule has 124 valence electrons. The summed E-state index contributed by atoms with van der Waals surface area (Å²) in [5.41, 5.74) is 0. The number of thioether (sulfide) groups is 1. The lowest BCUT2D eigenvalue weighted by Gasteiger charge is -2.33. The maximum Gasteiger partial charge on any atom is 0.239 e. The van der Waals surface area contributed by atoms with Crippen LogP contribution >= 0.6 is 11.8 Å². The van der Waals surface area contributed by atoms with E-state index in [0.29, 0.717) is 17.0 Å². The lowest BCUT2D eigenvalue weighted by Crippen LogP contribution is -2.49. The highest BCUT2D eigenvalue weighted by Crippen LogP contribution is 2.33. The first kappa shape index (κ1) is 16.4. The Kier molecular flexibility index (Phi) is 5.17. The minimum Gasteiger partial charge on any atom is -0.262 e. The maximum absolute atomic E-state index is 12.3. The zero-order valence-electron chi connectivity index (χ0n) is 13.0. The van der Waals surface area contributed by atoms with Gasteiger partial charge in [-0.15, -0.1) is 6.58 Å². The van der Waals surface area contributed by atoms with Crippen LogP contribution in [0, 0.1) is 11.8 Å². The Hall–Kier alpha value is -0.490. The van der Waals surface area contributed by atoms with Gasteiger partial charge in [-0.1, -0.05) is 30.7 Å². The molecule has 2 saturated carbocycles. The molecule has 0 bridgehead atoms. The lowest BCUT2D eigenvalue weighted by molar-refractivity contribution is 0.335. The molecule has 0 aromatic carbocycles. The van der Waals surface area contributed by atoms with E-state index in [2.05, 4.69) is 22.4 Å². The van der Waals surface area contributed by atoms with Crippen molar-refractivity contribution in [2.75, 3.05) is 5.75 Å². The molecule has 2 aliphatic carbocycles. The number of amidine groups is 1. The fourth-order valence-corrected chi connectivity index (χ4v) is 6.87. The summed E-state index contributed by atoms with van der Waals surface area (Å²) in [4.78, 5) is 4.69. The summed E-state index contributed by atoms with van der Waals surface area (Å²) in [6, 6.07) is -0.0148. The molecule has 0 saturated heterocycles. The first-order valence-corrected chi connectivity index (χ1v) is 11.0. The molecule has 4 nitrogen and oxygen atoms in total. The molecule has 3 rings (SSSR count). The molecular formula is C16H26N2O2S2. The van der Waals surface area contributed by atoms with Crippen molar-refractivity contribution >= 4 is 27.0 Å². The molecule has 1 heterocycles. The number of aliphatic imine (C=N–C) groups is 1. The monoisotopic (exact) mass is 342 g/mol. The Bertz CT molecular complexity index is 536. The van der Waals surface area contributed by atoms with Crippen LogP contribution in [0.5, 0.6) is 0 Å². The molecule has 2 fully saturated rings. The topological polar surface area (TPSA) is 58.5 Å². The molecular weight excluding hydrogens is 316 g/mol. The Labute approximate surface area is 138 Å². The van der Waals surface area contributed by atoms with Crippen molar-refractivity contribution in [1.29, 1.82) is 0 Å². The van der Waals surface area contributed by atoms with E-state index in [4.69, 9.17) is 0 Å². The maximum atomic E-state index is 12.3. The van der Waals surface area contributed by atoms with Gasteiger partial charge in [-0.2, -0.15) is 0 Å². The largest absolute Gasteiger partial charge is 0.262 e. The number of nitrogens with zero attached hydrogens (tertiary/aromatic N) is 1. The summed E-state index contributed by atoms with van der Waals surface area (Å²) in [6.45, 7) is 3.88. The highest BCUT2D eigenvalue weighted by molar-refractivity contribution is 8.15. The number of fused-ring (bicyclic) bond motifs is 1. The summed E-state index contributed by atoms with van der Waals surface area (Å²) >= 11 is 1.60. The van der Waals surface area contributed by atoms with E-state index >= 15 is 0 Å². The highest BCUT2D eigenvalue weighted by atomic mass is 32.2. The van der Waals surface area contributed by atoms with Crippen LogP contribution < -0.4 is 4.72 Å². The quantitative estimate of drug-likeness (QED) is 0.801. The van der Waals surface area contributed by atoms with Crippen LogP contribution in [0.25, 0.3) is 0 Å². The van der Waals surface area contributed by atoms with Crippen LogP contribution in [0.2, 0.25) is 0 Å². The second-order valence-electron chi connectivity index (χ2n) is 6.80. The van der Waals surface area contributed by atoms with Crippen molar-refractivity contribution in [3.05, 3.63) is 12.7 Å². The van der Waals surface area contributed by atoms with E-state index in [-0.39, 0.29) is 11.3 Å². The van der Waals surface area contributed by atoms with Gasteiger partial charge in [-0.3, -0.25) is 9.71 Å². The molecule has 0 aromatic rings. The number of sulfonamides is 1. The summed E-state index contributed by atoms with van der Waals surface area (Å²) < 4.78 is 27.4. The smallest absolute Gasteiger partial charge is 0.239 e. The number of hydrogen-bond acceptors (Lipinski definition) is 4. The van der Waals surface area contributed by atoms with Crippen molar-refractivity contribution in [2.45, 2.75) is 62.7 Å². The zero-order chi connectivity index (χ0) is 15.6. The van der Waals surface area contributed by atoms with Crippen molar-refractivity contribution in [2.24, 2.45) is 16.8 Å². The average molecular weight is 343 g/mol. The zero-order valence-corrected chi connectivity index (χ0v) is 14.7. The van der Waals surface area contributed by atoms with Gasteiger partial charge in [0.1, 0.15) is 5.25 Å². The van der Waals surface area contributed by atoms with E-state index in [0.717, 1.165) is 31.4 Å². The van der Waals surface area contributed by atoms with Gasteiger partial charge in [0.2, 0.25) is 10.0 Å². The number of allylic oxidation sites excluding steroid dienone is 1. The molecule has 0 aromatic heterocycles. The molecule has 0 amide bonds. The van der Waals surface area contributed by atoms with Crippen molar-refractivity contribution < 1.29 is 8.42 Å². The molecule has 6 heteroatoms. The SMILES string of the molecule is C=CC1CCC(CSC2=NC3CCCCC3S(=O)(=O)N2)CC1. The minimum absolute atomic E-state index is 0.0148. The molecule has 0 radical (unpaired) electrons. The molecule has 0 spiro atoms. The third kappa shape index (κ3) is 3.70. The Morgan fingerprint density at radius 1 is 1.18 bits per heavy atom. The molecule has 22 heavy (non-hydrogen) atoms. The van der Waals surface area contributed by atoms with Gasteiger partial charge in [0.15, 0.2) is 5.17 Å². The highest BCUT2D eigenvalue weighted by Gasteiger charge is 2.39. The second-order valence-corrected chi connectivity index (χ2v) is 9.71. The van der Waals surface area contributed by atoms with E-state index in [1.165, 1.54) is 25.7 Å². The first-order valence-electron chi connectivity index (χ1n) is 8.43. The third-order valence-electron chi connectivity index (χ3n) is 5.26. The fourth-order valence-electron chi connectivity index (χ4n) is 3.82. The third-order valence-corrected chi connectivity index (χ3v) is 8.33. The fraction of sp³-hybridized carbons (Fsp3) is 0.812. The Morgan fingerprint density at radius 3 is 2.64 bits per heavy atom. The Balaban J connectivity index is 1.56. The molecule has 3 aliphatic rings. The van der Waals surface area contributed by atoms with Crippen molar-refractivity contribution in [1.82, 2.24) is 4.72 Å². The van der Waals surface area contributed by atoms with Gasteiger partial charge in [-0.25, -0.2) is 8.42 Å². The number of hydrogen-bond donors (Lipinski definition) is 1. The van der Waals surface area contributed by atoms with Crippen LogP contribution in [-0.2, 0) is 10.0 Å². The second kappa shape index (κ2) is 6.95. The average Bonchev–Trinajstić information content (AvgIpc) is 2.53. The molecule has 1 N–H and O–H groups in total. The lowest BCUT2D eigenvalue weighted by atomic mass is 9.83. The molecule has 2 atom stereocenters. The number of nitrogens with one attached hydrogen (secondary N) is 1. The standard InChI is InChI=1S/C16H26N2O2S2/c1-2-12-7-9-13(10-8-12)11-21-16-17-14-5-3-4-6-15(14)22(19,20)18-16/h2,12-15H,1,3-11H2,(H,17,18). The summed E-state index contributed by atoms with van der Waals surface area (Å²) in [7, 11) is -3.21. The normalized spacial score (nSPS) is 37.5. The summed E-state index contributed by atoms with van der Waals surface area (Å²) in [5, 5.41) is 0.336. The van der Waals surface area contributed by atoms with Crippen LogP contribution in [-0.4, -0.2) is 30.6 Å². The van der Waals surface area contributed by atoms with Crippen LogP contribution in [0.3, 0.4) is 0 Å². The van der Waals surface area contributed by atoms with Gasteiger partial charge in [-0.05, 0) is 50.4 Å². The predicted octanol–water partition coefficient (Wildman–Crippen LogP) is 3.31. The van der Waals surface area contributed by atoms with E-state index in [1.807, 2.05) is 0 Å². The van der Waals surface area contributed by atoms with Crippen LogP contribution in [0.4, 0.5) is 0 Å². The Morgan fingerprint density at radius 2 is 1.91 bits per heavy atom. The van der Waals surface area contributed by atoms with E-state index in [1.54, 1.807) is 11.8 Å². The summed E-state index contributed by atoms with van der Waals surface area (Å²) in [5.74, 6) is 2.33. The first-order chi connectivity index (χ1) is 10.6. The van der Waals surface area contributed by atoms with Gasteiger partial charge < -0.3 is 0 Å². The van der Waals surface area contributed by atoms with Gasteiger partial charge in [0, 0.05) is 5.75 Å². The van der Waals surface area contributed by atoms with Crippen molar-refractivity contribution in [3.8, 4) is 0 Å². The summed E-state index contributed by atoms with van der Waals surface area (Å²) in [6.07, 6.45) is 10.7. The van der Waals surface area contributed by atoms with Crippen LogP contribution in [0.1, 0.15) is 51.4 Å². The van der Waals surface area contributed by atoms with E-state index < -0.39 is 10.0 Å². The molecule has 2 unspecified atom stereocenters. The minimum atomic E-state index is -3.21.